The molecule has 7 nitrogen and oxygen atoms in total. The Morgan fingerprint density at radius 2 is 2.11 bits per heavy atom. The molecule has 1 aliphatic rings. The predicted octanol–water partition coefficient (Wildman–Crippen LogP) is 2.61. The van der Waals surface area contributed by atoms with Crippen LogP contribution in [0, 0.1) is 13.5 Å². The molecule has 1 aliphatic heterocycles. The van der Waals surface area contributed by atoms with E-state index in [0.717, 1.165) is 16.6 Å². The molecule has 138 valence electrons. The summed E-state index contributed by atoms with van der Waals surface area (Å²) in [5, 5.41) is 0. The van der Waals surface area contributed by atoms with Crippen LogP contribution in [0.3, 0.4) is 0 Å². The average Bonchev–Trinajstić information content (AvgIpc) is 3.03. The van der Waals surface area contributed by atoms with Crippen molar-refractivity contribution in [3.05, 3.63) is 53.4 Å². The van der Waals surface area contributed by atoms with Gasteiger partial charge >= 0.3 is 0 Å². The van der Waals surface area contributed by atoms with Gasteiger partial charge in [-0.05, 0) is 31.0 Å². The van der Waals surface area contributed by atoms with Crippen molar-refractivity contribution in [3.8, 4) is 0 Å². The summed E-state index contributed by atoms with van der Waals surface area (Å²) < 4.78 is 15.8. The van der Waals surface area contributed by atoms with Gasteiger partial charge in [0.05, 0.1) is 30.2 Å². The van der Waals surface area contributed by atoms with Crippen LogP contribution < -0.4 is 10.6 Å². The van der Waals surface area contributed by atoms with Crippen LogP contribution >= 0.6 is 0 Å². The van der Waals surface area contributed by atoms with Crippen LogP contribution in [0.2, 0.25) is 0 Å². The minimum Gasteiger partial charge on any atom is -0.340 e. The molecule has 27 heavy (non-hydrogen) atoms. The third-order valence-electron chi connectivity index (χ3n) is 4.83. The first kappa shape index (κ1) is 17.4. The lowest BCUT2D eigenvalue weighted by atomic mass is 10.1. The Morgan fingerprint density at radius 3 is 2.81 bits per heavy atom. The maximum absolute atomic E-state index is 13.8. The molecule has 0 spiro atoms. The van der Waals surface area contributed by atoms with Gasteiger partial charge in [0, 0.05) is 25.5 Å². The highest BCUT2D eigenvalue weighted by atomic mass is 19.1. The van der Waals surface area contributed by atoms with Gasteiger partial charge in [-0.1, -0.05) is 6.07 Å². The third kappa shape index (κ3) is 3.34. The number of halogens is 1. The number of alkyl halides is 1. The number of rotatable bonds is 3. The first-order valence-electron chi connectivity index (χ1n) is 8.85. The van der Waals surface area contributed by atoms with Crippen LogP contribution in [0.1, 0.15) is 17.8 Å². The minimum atomic E-state index is -0.992. The largest absolute Gasteiger partial charge is 0.340 e. The van der Waals surface area contributed by atoms with Gasteiger partial charge < -0.3 is 15.2 Å². The fourth-order valence-corrected chi connectivity index (χ4v) is 3.34. The molecule has 2 aromatic heterocycles. The molecule has 0 aliphatic carbocycles. The van der Waals surface area contributed by atoms with Crippen LogP contribution in [0.25, 0.3) is 15.9 Å². The van der Waals surface area contributed by atoms with Crippen molar-refractivity contribution < 1.29 is 4.39 Å². The molecule has 3 heterocycles. The monoisotopic (exact) mass is 365 g/mol. The Morgan fingerprint density at radius 1 is 1.33 bits per heavy atom. The van der Waals surface area contributed by atoms with Crippen molar-refractivity contribution in [2.45, 2.75) is 32.1 Å². The first-order chi connectivity index (χ1) is 13.0. The van der Waals surface area contributed by atoms with Crippen LogP contribution in [0.5, 0.6) is 0 Å². The van der Waals surface area contributed by atoms with Gasteiger partial charge in [-0.3, -0.25) is 0 Å². The highest BCUT2D eigenvalue weighted by molar-refractivity contribution is 5.83. The second-order valence-corrected chi connectivity index (χ2v) is 6.87. The van der Waals surface area contributed by atoms with Crippen LogP contribution in [-0.4, -0.2) is 44.8 Å². The molecular weight excluding hydrogens is 345 g/mol. The third-order valence-corrected chi connectivity index (χ3v) is 4.83. The lowest BCUT2D eigenvalue weighted by molar-refractivity contribution is 0.243. The SMILES string of the molecule is [C-]#[N+]c1ccc2nc(N3CC[C@@H](F)C(N)C3)n(Cc3ncc(C)cn3)c2c1. The second kappa shape index (κ2) is 6.93. The summed E-state index contributed by atoms with van der Waals surface area (Å²) in [6.45, 7) is 10.6. The molecular formula is C19H20FN7. The smallest absolute Gasteiger partial charge is 0.206 e. The number of anilines is 1. The molecule has 2 N–H and O–H groups in total. The molecule has 4 rings (SSSR count). The van der Waals surface area contributed by atoms with E-state index in [-0.39, 0.29) is 0 Å². The quantitative estimate of drug-likeness (QED) is 0.722. The van der Waals surface area contributed by atoms with E-state index in [1.54, 1.807) is 18.5 Å². The number of aryl methyl sites for hydroxylation is 1. The van der Waals surface area contributed by atoms with E-state index in [1.165, 1.54) is 0 Å². The number of piperidine rings is 1. The van der Waals surface area contributed by atoms with E-state index in [0.29, 0.717) is 43.5 Å². The summed E-state index contributed by atoms with van der Waals surface area (Å²) in [6, 6.07) is 4.86. The molecule has 3 aromatic rings. The van der Waals surface area contributed by atoms with Crippen molar-refractivity contribution >= 4 is 22.7 Å². The van der Waals surface area contributed by atoms with Crippen molar-refractivity contribution in [2.24, 2.45) is 5.73 Å². The number of fused-ring (bicyclic) bond motifs is 1. The molecule has 0 radical (unpaired) electrons. The summed E-state index contributed by atoms with van der Waals surface area (Å²) in [6.07, 6.45) is 2.93. The van der Waals surface area contributed by atoms with Gasteiger partial charge in [0.1, 0.15) is 12.0 Å². The van der Waals surface area contributed by atoms with E-state index in [1.807, 2.05) is 28.5 Å². The summed E-state index contributed by atoms with van der Waals surface area (Å²) in [7, 11) is 0. The molecule has 0 saturated carbocycles. The minimum absolute atomic E-state index is 0.374. The van der Waals surface area contributed by atoms with Gasteiger partial charge in [-0.15, -0.1) is 0 Å². The van der Waals surface area contributed by atoms with Crippen molar-refractivity contribution in [2.75, 3.05) is 18.0 Å². The fourth-order valence-electron chi connectivity index (χ4n) is 3.34. The predicted molar refractivity (Wildman–Crippen MR) is 102 cm³/mol. The molecule has 1 fully saturated rings. The fraction of sp³-hybridized carbons (Fsp3) is 0.368. The zero-order valence-electron chi connectivity index (χ0n) is 15.0. The van der Waals surface area contributed by atoms with Crippen LogP contribution in [0.15, 0.2) is 30.6 Å². The number of benzene rings is 1. The van der Waals surface area contributed by atoms with Crippen molar-refractivity contribution in [1.82, 2.24) is 19.5 Å². The molecule has 1 saturated heterocycles. The van der Waals surface area contributed by atoms with Gasteiger partial charge in [-0.25, -0.2) is 24.2 Å². The molecule has 1 aromatic carbocycles. The Kier molecular flexibility index (Phi) is 4.46. The van der Waals surface area contributed by atoms with Gasteiger partial charge in [-0.2, -0.15) is 0 Å². The van der Waals surface area contributed by atoms with Gasteiger partial charge in [0.15, 0.2) is 5.69 Å². The number of hydrogen-bond donors (Lipinski definition) is 1. The molecule has 8 heteroatoms. The van der Waals surface area contributed by atoms with Crippen molar-refractivity contribution in [3.63, 3.8) is 0 Å². The van der Waals surface area contributed by atoms with E-state index >= 15 is 0 Å². The maximum atomic E-state index is 13.8. The highest BCUT2D eigenvalue weighted by Crippen LogP contribution is 2.29. The Bertz CT molecular complexity index is 1010. The Labute approximate surface area is 156 Å². The Balaban J connectivity index is 1.79. The van der Waals surface area contributed by atoms with Crippen LogP contribution in [0.4, 0.5) is 16.0 Å². The number of nitrogens with two attached hydrogens (primary N) is 1. The number of imidazole rings is 1. The average molecular weight is 365 g/mol. The molecule has 1 unspecified atom stereocenters. The number of aromatic nitrogens is 4. The summed E-state index contributed by atoms with van der Waals surface area (Å²) in [5.41, 5.74) is 9.08. The van der Waals surface area contributed by atoms with E-state index < -0.39 is 12.2 Å². The highest BCUT2D eigenvalue weighted by Gasteiger charge is 2.29. The summed E-state index contributed by atoms with van der Waals surface area (Å²) in [5.74, 6) is 1.36. The zero-order chi connectivity index (χ0) is 19.0. The van der Waals surface area contributed by atoms with E-state index in [9.17, 15) is 4.39 Å². The van der Waals surface area contributed by atoms with Crippen molar-refractivity contribution in [1.29, 1.82) is 0 Å². The first-order valence-corrected chi connectivity index (χ1v) is 8.85. The normalized spacial score (nSPS) is 20.0. The topological polar surface area (TPSA) is 77.2 Å². The molecule has 0 bridgehead atoms. The number of hydrogen-bond acceptors (Lipinski definition) is 5. The Hall–Kier alpha value is -3.05. The van der Waals surface area contributed by atoms with Crippen LogP contribution in [-0.2, 0) is 6.54 Å². The lowest BCUT2D eigenvalue weighted by Gasteiger charge is -2.34. The summed E-state index contributed by atoms with van der Waals surface area (Å²) >= 11 is 0. The standard InChI is InChI=1S/C19H20FN7/c1-12-8-23-18(24-9-12)11-27-17-7-13(22-2)3-4-16(17)25-19(27)26-6-5-14(20)15(21)10-26/h3-4,7-9,14-15H,5-6,10-11,21H2,1H3/t14-,15?/m1/s1. The van der Waals surface area contributed by atoms with E-state index in [4.69, 9.17) is 17.3 Å². The van der Waals surface area contributed by atoms with Gasteiger partial charge in [0.25, 0.3) is 0 Å². The molecule has 2 atom stereocenters. The summed E-state index contributed by atoms with van der Waals surface area (Å²) in [4.78, 5) is 19.0. The zero-order valence-corrected chi connectivity index (χ0v) is 15.0. The van der Waals surface area contributed by atoms with E-state index in [2.05, 4.69) is 14.8 Å². The maximum Gasteiger partial charge on any atom is 0.206 e. The number of nitrogens with zero attached hydrogens (tertiary/aromatic N) is 6. The molecule has 0 amide bonds. The van der Waals surface area contributed by atoms with Gasteiger partial charge in [0.2, 0.25) is 5.95 Å². The second-order valence-electron chi connectivity index (χ2n) is 6.87. The lowest BCUT2D eigenvalue weighted by Crippen LogP contribution is -2.50.